The summed E-state index contributed by atoms with van der Waals surface area (Å²) in [6.07, 6.45) is 9.92. The minimum Gasteiger partial charge on any atom is -0.487 e. The second kappa shape index (κ2) is 15.3. The molecule has 1 N–H and O–H groups in total. The van der Waals surface area contributed by atoms with Gasteiger partial charge in [0.1, 0.15) is 12.4 Å². The molecule has 2 bridgehead atoms. The highest BCUT2D eigenvalue weighted by atomic mass is 35.5. The molecule has 0 unspecified atom stereocenters. The van der Waals surface area contributed by atoms with E-state index in [0.29, 0.717) is 49.0 Å². The lowest BCUT2D eigenvalue weighted by molar-refractivity contribution is -0.242. The summed E-state index contributed by atoms with van der Waals surface area (Å²) in [7, 11) is -1.71. The Bertz CT molecular complexity index is 1630. The third-order valence-corrected chi connectivity index (χ3v) is 14.5. The molecule has 3 heterocycles. The summed E-state index contributed by atoms with van der Waals surface area (Å²) in [6, 6.07) is 12.3. The maximum absolute atomic E-state index is 13.5. The number of amides is 1. The van der Waals surface area contributed by atoms with Gasteiger partial charge < -0.3 is 19.1 Å². The topological polar surface area (TPSA) is 97.4 Å². The van der Waals surface area contributed by atoms with Crippen LogP contribution in [-0.2, 0) is 32.5 Å². The van der Waals surface area contributed by atoms with Crippen LogP contribution in [0.4, 0.5) is 5.69 Å². The average Bonchev–Trinajstić information content (AvgIpc) is 3.94. The van der Waals surface area contributed by atoms with Gasteiger partial charge in [-0.3, -0.25) is 9.69 Å². The Morgan fingerprint density at radius 3 is 2.42 bits per heavy atom. The van der Waals surface area contributed by atoms with Crippen LogP contribution in [0.3, 0.4) is 0 Å². The maximum atomic E-state index is 13.5. The van der Waals surface area contributed by atoms with Crippen LogP contribution in [0.5, 0.6) is 5.75 Å². The molecule has 11 heteroatoms. The lowest BCUT2D eigenvalue weighted by atomic mass is 9.65. The number of nitrogens with zero attached hydrogens (tertiary/aromatic N) is 2. The predicted octanol–water partition coefficient (Wildman–Crippen LogP) is 6.81. The molecule has 2 aromatic rings. The number of halogens is 1. The van der Waals surface area contributed by atoms with E-state index in [0.717, 1.165) is 80.7 Å². The molecule has 0 radical (unpaired) electrons. The molecule has 50 heavy (non-hydrogen) atoms. The molecule has 2 aromatic carbocycles. The van der Waals surface area contributed by atoms with Crippen molar-refractivity contribution in [1.29, 1.82) is 0 Å². The minimum atomic E-state index is -3.90. The Morgan fingerprint density at radius 1 is 0.880 bits per heavy atom. The Hall–Kier alpha value is -2.37. The number of hydrogen-bond donors (Lipinski definition) is 1. The third-order valence-electron chi connectivity index (χ3n) is 12.4. The first-order chi connectivity index (χ1) is 24.1. The van der Waals surface area contributed by atoms with E-state index in [-0.39, 0.29) is 24.2 Å². The van der Waals surface area contributed by atoms with Gasteiger partial charge in [0.2, 0.25) is 10.0 Å². The fraction of sp³-hybridized carbons (Fsp3) is 0.667. The van der Waals surface area contributed by atoms with Crippen LogP contribution >= 0.6 is 11.6 Å². The molecule has 274 valence electrons. The highest BCUT2D eigenvalue weighted by Gasteiger charge is 2.44. The van der Waals surface area contributed by atoms with Crippen LogP contribution in [0.25, 0.3) is 0 Å². The van der Waals surface area contributed by atoms with Crippen LogP contribution in [-0.4, -0.2) is 76.2 Å². The molecule has 2 aliphatic carbocycles. The van der Waals surface area contributed by atoms with Crippen molar-refractivity contribution < 1.29 is 27.4 Å². The third kappa shape index (κ3) is 7.99. The monoisotopic (exact) mass is 727 g/mol. The number of likely N-dealkylation sites (N-methyl/N-ethyl adjacent to an activating group) is 1. The highest BCUT2D eigenvalue weighted by molar-refractivity contribution is 7.90. The van der Waals surface area contributed by atoms with Crippen LogP contribution in [0.1, 0.15) is 93.1 Å². The summed E-state index contributed by atoms with van der Waals surface area (Å²) in [5.74, 6) is 1.07. The Morgan fingerprint density at radius 2 is 1.68 bits per heavy atom. The van der Waals surface area contributed by atoms with E-state index < -0.39 is 21.2 Å². The SMILES string of the molecule is C[C@@H]1[C@@H](C)CCC[C@@H](C2OCC(N(C)C3CC3)CO2)[C@@H]2CC[C@H]2CN2CCCCc3cc(Cl)ccc3COc3ccc(cc32)C(=O)NS1(=O)=O. The van der Waals surface area contributed by atoms with Gasteiger partial charge in [0.05, 0.1) is 30.2 Å². The number of fused-ring (bicyclic) bond motifs is 3. The molecule has 5 aliphatic rings. The van der Waals surface area contributed by atoms with Crippen LogP contribution < -0.4 is 14.4 Å². The second-order valence-electron chi connectivity index (χ2n) is 15.6. The summed E-state index contributed by atoms with van der Waals surface area (Å²) < 4.78 is 49.1. The largest absolute Gasteiger partial charge is 0.487 e. The lowest BCUT2D eigenvalue weighted by Gasteiger charge is -2.48. The van der Waals surface area contributed by atoms with Gasteiger partial charge in [-0.05, 0) is 131 Å². The molecular weight excluding hydrogens is 674 g/mol. The first-order valence-corrected chi connectivity index (χ1v) is 20.8. The van der Waals surface area contributed by atoms with Crippen molar-refractivity contribution in [3.8, 4) is 5.75 Å². The van der Waals surface area contributed by atoms with Gasteiger partial charge >= 0.3 is 0 Å². The standard InChI is InChI=1S/C39H54ClN3O6S/c1-25-7-6-9-35(39-48-23-33(24-49-39)42(3)32-14-15-32)34-16-11-29(34)21-43-18-5-4-8-27-19-31(40)13-10-30(27)22-47-37-17-12-28(20-36(37)43)38(44)41-50(45,46)26(25)2/h10,12-13,17,19-20,25-26,29,32-35,39H,4-9,11,14-16,18,21-24H2,1-3H3,(H,41,44)/t25-,26+,29-,33?,34+,35+,39?/m0/s1. The predicted molar refractivity (Wildman–Crippen MR) is 196 cm³/mol. The summed E-state index contributed by atoms with van der Waals surface area (Å²) in [5.41, 5.74) is 3.44. The number of anilines is 1. The number of ether oxygens (including phenoxy) is 3. The van der Waals surface area contributed by atoms with Crippen molar-refractivity contribution in [2.24, 2.45) is 23.7 Å². The molecule has 9 nitrogen and oxygen atoms in total. The number of sulfonamides is 1. The smallest absolute Gasteiger partial charge is 0.264 e. The summed E-state index contributed by atoms with van der Waals surface area (Å²) in [4.78, 5) is 18.4. The van der Waals surface area contributed by atoms with Gasteiger partial charge in [0.15, 0.2) is 6.29 Å². The molecule has 1 amide bonds. The fourth-order valence-corrected chi connectivity index (χ4v) is 10.1. The Balaban J connectivity index is 1.20. The molecule has 3 fully saturated rings. The molecule has 3 aliphatic heterocycles. The zero-order valence-electron chi connectivity index (χ0n) is 29.8. The van der Waals surface area contributed by atoms with E-state index >= 15 is 0 Å². The van der Waals surface area contributed by atoms with E-state index in [4.69, 9.17) is 25.8 Å². The number of rotatable bonds is 3. The zero-order chi connectivity index (χ0) is 35.0. The molecular formula is C39H54ClN3O6S. The quantitative estimate of drug-likeness (QED) is 0.369. The van der Waals surface area contributed by atoms with E-state index in [1.165, 1.54) is 18.4 Å². The van der Waals surface area contributed by atoms with Crippen LogP contribution in [0.15, 0.2) is 36.4 Å². The number of hydrogen-bond acceptors (Lipinski definition) is 8. The number of carbonyl (C=O) groups is 1. The summed E-state index contributed by atoms with van der Waals surface area (Å²) in [6.45, 7) is 7.06. The minimum absolute atomic E-state index is 0.120. The first kappa shape index (κ1) is 36.0. The van der Waals surface area contributed by atoms with Crippen molar-refractivity contribution in [2.45, 2.75) is 108 Å². The molecule has 0 aromatic heterocycles. The number of nitrogens with one attached hydrogen (secondary N) is 1. The zero-order valence-corrected chi connectivity index (χ0v) is 31.4. The summed E-state index contributed by atoms with van der Waals surface area (Å²) >= 11 is 6.39. The van der Waals surface area contributed by atoms with Gasteiger partial charge in [0.25, 0.3) is 5.91 Å². The number of benzene rings is 2. The Labute approximate surface area is 303 Å². The van der Waals surface area contributed by atoms with Gasteiger partial charge in [-0.15, -0.1) is 0 Å². The fourth-order valence-electron chi connectivity index (χ4n) is 8.57. The molecule has 1 saturated heterocycles. The maximum Gasteiger partial charge on any atom is 0.264 e. The molecule has 2 saturated carbocycles. The Kier molecular flexibility index (Phi) is 11.0. The second-order valence-corrected chi connectivity index (χ2v) is 18.1. The first-order valence-electron chi connectivity index (χ1n) is 18.9. The van der Waals surface area contributed by atoms with Crippen molar-refractivity contribution >= 4 is 33.2 Å². The molecule has 5 atom stereocenters. The van der Waals surface area contributed by atoms with Crippen LogP contribution in [0, 0.1) is 23.7 Å². The highest BCUT2D eigenvalue weighted by Crippen LogP contribution is 2.46. The van der Waals surface area contributed by atoms with Crippen molar-refractivity contribution in [3.63, 3.8) is 0 Å². The molecule has 7 rings (SSSR count). The van der Waals surface area contributed by atoms with E-state index in [1.54, 1.807) is 13.0 Å². The van der Waals surface area contributed by atoms with Crippen LogP contribution in [0.2, 0.25) is 5.02 Å². The normalized spacial score (nSPS) is 32.4. The van der Waals surface area contributed by atoms with E-state index in [1.807, 2.05) is 37.3 Å². The molecule has 0 spiro atoms. The van der Waals surface area contributed by atoms with E-state index in [9.17, 15) is 13.2 Å². The van der Waals surface area contributed by atoms with E-state index in [2.05, 4.69) is 21.6 Å². The van der Waals surface area contributed by atoms with Gasteiger partial charge in [-0.25, -0.2) is 13.1 Å². The average molecular weight is 728 g/mol. The number of carbonyl (C=O) groups excluding carboxylic acids is 1. The summed E-state index contributed by atoms with van der Waals surface area (Å²) in [5, 5.41) is 0.00444. The van der Waals surface area contributed by atoms with Gasteiger partial charge in [0, 0.05) is 35.6 Å². The lowest BCUT2D eigenvalue weighted by Crippen LogP contribution is -2.51. The van der Waals surface area contributed by atoms with Crippen molar-refractivity contribution in [2.75, 3.05) is 38.3 Å². The van der Waals surface area contributed by atoms with Crippen molar-refractivity contribution in [1.82, 2.24) is 9.62 Å². The number of aryl methyl sites for hydroxylation is 1. The van der Waals surface area contributed by atoms with Gasteiger partial charge in [-0.2, -0.15) is 0 Å². The van der Waals surface area contributed by atoms with Gasteiger partial charge in [-0.1, -0.05) is 31.0 Å². The van der Waals surface area contributed by atoms with Crippen molar-refractivity contribution in [3.05, 3.63) is 58.1 Å².